The van der Waals surface area contributed by atoms with Gasteiger partial charge in [-0.25, -0.2) is 0 Å². The highest BCUT2D eigenvalue weighted by atomic mass is 16.5. The van der Waals surface area contributed by atoms with Gasteiger partial charge in [-0.15, -0.1) is 0 Å². The summed E-state index contributed by atoms with van der Waals surface area (Å²) in [6.45, 7) is 4.95. The molecule has 0 saturated carbocycles. The molecule has 1 amide bonds. The zero-order chi connectivity index (χ0) is 19.8. The molecule has 2 aromatic rings. The molecule has 0 aromatic heterocycles. The third-order valence-electron chi connectivity index (χ3n) is 4.27. The van der Waals surface area contributed by atoms with E-state index in [1.807, 2.05) is 17.9 Å². The standard InChI is InChI=1S/C21H26N2O4/c1-5-23(13-17-12-16(15(2)24)6-11-20(17)27-4)14-21(25)22-18-7-9-19(26-3)10-8-18/h6-12H,5,13-14H2,1-4H3,(H,22,25). The lowest BCUT2D eigenvalue weighted by molar-refractivity contribution is -0.117. The van der Waals surface area contributed by atoms with E-state index in [-0.39, 0.29) is 18.2 Å². The van der Waals surface area contributed by atoms with E-state index < -0.39 is 0 Å². The van der Waals surface area contributed by atoms with E-state index >= 15 is 0 Å². The Kier molecular flexibility index (Phi) is 7.37. The van der Waals surface area contributed by atoms with E-state index in [9.17, 15) is 9.59 Å². The van der Waals surface area contributed by atoms with Gasteiger partial charge in [0.2, 0.25) is 5.91 Å². The number of methoxy groups -OCH3 is 2. The van der Waals surface area contributed by atoms with Crippen molar-refractivity contribution in [1.29, 1.82) is 0 Å². The number of likely N-dealkylation sites (N-methyl/N-ethyl adjacent to an activating group) is 1. The second kappa shape index (κ2) is 9.73. The normalized spacial score (nSPS) is 10.6. The highest BCUT2D eigenvalue weighted by Gasteiger charge is 2.14. The van der Waals surface area contributed by atoms with Crippen LogP contribution in [0.5, 0.6) is 11.5 Å². The molecule has 144 valence electrons. The maximum Gasteiger partial charge on any atom is 0.238 e. The highest BCUT2D eigenvalue weighted by Crippen LogP contribution is 2.22. The Bertz CT molecular complexity index is 787. The summed E-state index contributed by atoms with van der Waals surface area (Å²) in [5.74, 6) is 1.33. The summed E-state index contributed by atoms with van der Waals surface area (Å²) in [6.07, 6.45) is 0. The van der Waals surface area contributed by atoms with Crippen molar-refractivity contribution < 1.29 is 19.1 Å². The van der Waals surface area contributed by atoms with E-state index in [0.29, 0.717) is 30.1 Å². The second-order valence-corrected chi connectivity index (χ2v) is 6.16. The number of ether oxygens (including phenoxy) is 2. The minimum atomic E-state index is -0.108. The van der Waals surface area contributed by atoms with Gasteiger partial charge in [0, 0.05) is 23.4 Å². The number of amides is 1. The molecule has 0 aliphatic heterocycles. The SMILES string of the molecule is CCN(CC(=O)Nc1ccc(OC)cc1)Cc1cc(C(C)=O)ccc1OC. The molecule has 0 spiro atoms. The van der Waals surface area contributed by atoms with Crippen molar-refractivity contribution in [3.05, 3.63) is 53.6 Å². The van der Waals surface area contributed by atoms with Gasteiger partial charge in [0.15, 0.2) is 5.78 Å². The van der Waals surface area contributed by atoms with Crippen molar-refractivity contribution in [2.75, 3.05) is 32.6 Å². The summed E-state index contributed by atoms with van der Waals surface area (Å²) in [6, 6.07) is 12.6. The maximum atomic E-state index is 12.4. The Morgan fingerprint density at radius 2 is 1.74 bits per heavy atom. The number of carbonyl (C=O) groups is 2. The van der Waals surface area contributed by atoms with Crippen molar-refractivity contribution in [3.63, 3.8) is 0 Å². The van der Waals surface area contributed by atoms with Gasteiger partial charge in [0.25, 0.3) is 0 Å². The fourth-order valence-electron chi connectivity index (χ4n) is 2.72. The maximum absolute atomic E-state index is 12.4. The van der Waals surface area contributed by atoms with E-state index in [1.165, 1.54) is 6.92 Å². The summed E-state index contributed by atoms with van der Waals surface area (Å²) < 4.78 is 10.5. The van der Waals surface area contributed by atoms with Crippen LogP contribution in [0.2, 0.25) is 0 Å². The molecule has 1 N–H and O–H groups in total. The molecule has 0 aliphatic carbocycles. The summed E-state index contributed by atoms with van der Waals surface area (Å²) in [7, 11) is 3.20. The molecule has 0 atom stereocenters. The van der Waals surface area contributed by atoms with Gasteiger partial charge >= 0.3 is 0 Å². The molecule has 2 rings (SSSR count). The molecule has 0 bridgehead atoms. The fourth-order valence-corrected chi connectivity index (χ4v) is 2.72. The van der Waals surface area contributed by atoms with E-state index in [2.05, 4.69) is 5.32 Å². The molecule has 0 saturated heterocycles. The molecule has 0 aliphatic rings. The number of carbonyl (C=O) groups excluding carboxylic acids is 2. The number of Topliss-reactive ketones (excluding diaryl/α,β-unsaturated/α-hetero) is 1. The number of hydrogen-bond donors (Lipinski definition) is 1. The van der Waals surface area contributed by atoms with Gasteiger partial charge in [0.05, 0.1) is 20.8 Å². The van der Waals surface area contributed by atoms with Crippen LogP contribution in [0.25, 0.3) is 0 Å². The van der Waals surface area contributed by atoms with E-state index in [1.54, 1.807) is 50.6 Å². The van der Waals surface area contributed by atoms with Crippen LogP contribution >= 0.6 is 0 Å². The van der Waals surface area contributed by atoms with E-state index in [0.717, 1.165) is 11.3 Å². The molecular weight excluding hydrogens is 344 g/mol. The first-order valence-corrected chi connectivity index (χ1v) is 8.81. The lowest BCUT2D eigenvalue weighted by Crippen LogP contribution is -2.32. The lowest BCUT2D eigenvalue weighted by Gasteiger charge is -2.21. The smallest absolute Gasteiger partial charge is 0.238 e. The van der Waals surface area contributed by atoms with Crippen LogP contribution in [0, 0.1) is 0 Å². The van der Waals surface area contributed by atoms with Crippen LogP contribution in [0.4, 0.5) is 5.69 Å². The lowest BCUT2D eigenvalue weighted by atomic mass is 10.1. The molecule has 0 unspecified atom stereocenters. The van der Waals surface area contributed by atoms with Crippen LogP contribution in [0.3, 0.4) is 0 Å². The Morgan fingerprint density at radius 3 is 2.30 bits per heavy atom. The van der Waals surface area contributed by atoms with Crippen molar-refractivity contribution in [2.45, 2.75) is 20.4 Å². The van der Waals surface area contributed by atoms with Crippen LogP contribution < -0.4 is 14.8 Å². The zero-order valence-corrected chi connectivity index (χ0v) is 16.2. The van der Waals surface area contributed by atoms with Crippen LogP contribution in [0.1, 0.15) is 29.8 Å². The van der Waals surface area contributed by atoms with Gasteiger partial charge in [-0.05, 0) is 55.9 Å². The summed E-state index contributed by atoms with van der Waals surface area (Å²) in [5, 5.41) is 2.88. The van der Waals surface area contributed by atoms with Gasteiger partial charge < -0.3 is 14.8 Å². The topological polar surface area (TPSA) is 67.9 Å². The second-order valence-electron chi connectivity index (χ2n) is 6.16. The minimum Gasteiger partial charge on any atom is -0.497 e. The molecule has 27 heavy (non-hydrogen) atoms. The molecule has 6 nitrogen and oxygen atoms in total. The van der Waals surface area contributed by atoms with Crippen LogP contribution in [-0.2, 0) is 11.3 Å². The molecule has 0 radical (unpaired) electrons. The van der Waals surface area contributed by atoms with Gasteiger partial charge in [0.1, 0.15) is 11.5 Å². The first-order valence-electron chi connectivity index (χ1n) is 8.81. The number of rotatable bonds is 9. The first-order chi connectivity index (χ1) is 13.0. The minimum absolute atomic E-state index is 0.000740. The molecule has 6 heteroatoms. The number of nitrogens with zero attached hydrogens (tertiary/aromatic N) is 1. The number of anilines is 1. The highest BCUT2D eigenvalue weighted by molar-refractivity contribution is 5.94. The average Bonchev–Trinajstić information content (AvgIpc) is 2.67. The Balaban J connectivity index is 2.04. The number of ketones is 1. The largest absolute Gasteiger partial charge is 0.497 e. The Morgan fingerprint density at radius 1 is 1.04 bits per heavy atom. The van der Waals surface area contributed by atoms with Crippen molar-refractivity contribution >= 4 is 17.4 Å². The molecular formula is C21H26N2O4. The van der Waals surface area contributed by atoms with Crippen LogP contribution in [0.15, 0.2) is 42.5 Å². The van der Waals surface area contributed by atoms with Crippen LogP contribution in [-0.4, -0.2) is 43.9 Å². The predicted molar refractivity (Wildman–Crippen MR) is 106 cm³/mol. The van der Waals surface area contributed by atoms with Gasteiger partial charge in [-0.1, -0.05) is 6.92 Å². The van der Waals surface area contributed by atoms with Crippen molar-refractivity contribution in [3.8, 4) is 11.5 Å². The number of nitrogens with one attached hydrogen (secondary N) is 1. The quantitative estimate of drug-likeness (QED) is 0.686. The molecule has 2 aromatic carbocycles. The van der Waals surface area contributed by atoms with Crippen molar-refractivity contribution in [1.82, 2.24) is 4.90 Å². The van der Waals surface area contributed by atoms with Crippen molar-refractivity contribution in [2.24, 2.45) is 0 Å². The monoisotopic (exact) mass is 370 g/mol. The van der Waals surface area contributed by atoms with E-state index in [4.69, 9.17) is 9.47 Å². The molecule has 0 heterocycles. The third-order valence-corrected chi connectivity index (χ3v) is 4.27. The fraction of sp³-hybridized carbons (Fsp3) is 0.333. The Hall–Kier alpha value is -2.86. The predicted octanol–water partition coefficient (Wildman–Crippen LogP) is 3.37. The van der Waals surface area contributed by atoms with Gasteiger partial charge in [-0.2, -0.15) is 0 Å². The summed E-state index contributed by atoms with van der Waals surface area (Å²) >= 11 is 0. The Labute approximate surface area is 160 Å². The number of benzene rings is 2. The average molecular weight is 370 g/mol. The summed E-state index contributed by atoms with van der Waals surface area (Å²) in [5.41, 5.74) is 2.22. The van der Waals surface area contributed by atoms with Gasteiger partial charge in [-0.3, -0.25) is 14.5 Å². The number of hydrogen-bond acceptors (Lipinski definition) is 5. The first kappa shape index (κ1) is 20.5. The third kappa shape index (κ3) is 5.82. The molecule has 0 fully saturated rings. The zero-order valence-electron chi connectivity index (χ0n) is 16.2. The summed E-state index contributed by atoms with van der Waals surface area (Å²) in [4.78, 5) is 26.0.